The normalized spacial score (nSPS) is 10.4. The van der Waals surface area contributed by atoms with E-state index in [1.165, 1.54) is 18.4 Å². The number of carbonyl (C=O) groups is 3. The summed E-state index contributed by atoms with van der Waals surface area (Å²) >= 11 is 5.79. The molecule has 0 bridgehead atoms. The Balaban J connectivity index is 1.66. The molecular weight excluding hydrogens is 382 g/mol. The third-order valence-corrected chi connectivity index (χ3v) is 4.22. The van der Waals surface area contributed by atoms with E-state index in [4.69, 9.17) is 20.8 Å². The SMILES string of the molecule is Cc1ccc(C(=O)OCC(=O)c2ccc(Cl)cc2)cc1NC(=O)c1ccco1. The Kier molecular flexibility index (Phi) is 5.91. The van der Waals surface area contributed by atoms with Crippen molar-refractivity contribution in [1.29, 1.82) is 0 Å². The highest BCUT2D eigenvalue weighted by Crippen LogP contribution is 2.19. The first-order valence-electron chi connectivity index (χ1n) is 8.35. The smallest absolute Gasteiger partial charge is 0.338 e. The number of benzene rings is 2. The number of Topliss-reactive ketones (excluding diaryl/α,β-unsaturated/α-hetero) is 1. The van der Waals surface area contributed by atoms with E-state index in [0.717, 1.165) is 5.56 Å². The maximum atomic E-state index is 12.3. The van der Waals surface area contributed by atoms with Gasteiger partial charge in [-0.3, -0.25) is 9.59 Å². The van der Waals surface area contributed by atoms with E-state index in [1.807, 2.05) is 0 Å². The largest absolute Gasteiger partial charge is 0.459 e. The molecule has 6 nitrogen and oxygen atoms in total. The van der Waals surface area contributed by atoms with Crippen molar-refractivity contribution in [2.75, 3.05) is 11.9 Å². The predicted octanol–water partition coefficient (Wildman–Crippen LogP) is 4.53. The van der Waals surface area contributed by atoms with Crippen molar-refractivity contribution in [2.45, 2.75) is 6.92 Å². The summed E-state index contributed by atoms with van der Waals surface area (Å²) in [5.74, 6) is -1.29. The van der Waals surface area contributed by atoms with Gasteiger partial charge in [0, 0.05) is 16.3 Å². The lowest BCUT2D eigenvalue weighted by molar-refractivity contribution is 0.0474. The molecule has 1 aromatic heterocycles. The van der Waals surface area contributed by atoms with Crippen molar-refractivity contribution in [1.82, 2.24) is 0 Å². The van der Waals surface area contributed by atoms with Crippen LogP contribution in [0.25, 0.3) is 0 Å². The third kappa shape index (κ3) is 4.66. The monoisotopic (exact) mass is 397 g/mol. The van der Waals surface area contributed by atoms with Gasteiger partial charge in [0.1, 0.15) is 0 Å². The summed E-state index contributed by atoms with van der Waals surface area (Å²) in [4.78, 5) is 36.5. The number of esters is 1. The summed E-state index contributed by atoms with van der Waals surface area (Å²) in [6, 6.07) is 14.2. The Labute approximate surface area is 166 Å². The number of hydrogen-bond donors (Lipinski definition) is 1. The van der Waals surface area contributed by atoms with Gasteiger partial charge in [0.05, 0.1) is 11.8 Å². The first-order valence-corrected chi connectivity index (χ1v) is 8.73. The Bertz CT molecular complexity index is 1010. The molecule has 0 atom stereocenters. The number of furan rings is 1. The van der Waals surface area contributed by atoms with Gasteiger partial charge in [0.25, 0.3) is 5.91 Å². The molecule has 3 rings (SSSR count). The first-order chi connectivity index (χ1) is 13.4. The summed E-state index contributed by atoms with van der Waals surface area (Å²) in [6.07, 6.45) is 1.40. The maximum Gasteiger partial charge on any atom is 0.338 e. The number of anilines is 1. The van der Waals surface area contributed by atoms with Gasteiger partial charge in [-0.2, -0.15) is 0 Å². The van der Waals surface area contributed by atoms with Gasteiger partial charge in [-0.1, -0.05) is 17.7 Å². The van der Waals surface area contributed by atoms with Crippen molar-refractivity contribution in [2.24, 2.45) is 0 Å². The molecule has 3 aromatic rings. The number of hydrogen-bond acceptors (Lipinski definition) is 5. The quantitative estimate of drug-likeness (QED) is 0.487. The number of aryl methyl sites for hydroxylation is 1. The van der Waals surface area contributed by atoms with Crippen molar-refractivity contribution in [3.8, 4) is 0 Å². The standard InChI is InChI=1S/C21H16ClNO5/c1-13-4-5-15(11-17(13)23-20(25)19-3-2-10-27-19)21(26)28-12-18(24)14-6-8-16(22)9-7-14/h2-11H,12H2,1H3,(H,23,25). The number of rotatable bonds is 6. The lowest BCUT2D eigenvalue weighted by Crippen LogP contribution is -2.15. The van der Waals surface area contributed by atoms with Gasteiger partial charge in [-0.25, -0.2) is 4.79 Å². The molecule has 1 N–H and O–H groups in total. The van der Waals surface area contributed by atoms with Gasteiger partial charge < -0.3 is 14.5 Å². The summed E-state index contributed by atoms with van der Waals surface area (Å²) in [5.41, 5.74) is 1.81. The molecule has 2 aromatic carbocycles. The van der Waals surface area contributed by atoms with Crippen LogP contribution in [0.4, 0.5) is 5.69 Å². The lowest BCUT2D eigenvalue weighted by atomic mass is 10.1. The number of halogens is 1. The van der Waals surface area contributed by atoms with Crippen LogP contribution in [-0.2, 0) is 4.74 Å². The number of ether oxygens (including phenoxy) is 1. The van der Waals surface area contributed by atoms with E-state index >= 15 is 0 Å². The molecule has 0 unspecified atom stereocenters. The number of carbonyl (C=O) groups excluding carboxylic acids is 3. The average Bonchev–Trinajstić information content (AvgIpc) is 3.23. The van der Waals surface area contributed by atoms with Crippen LogP contribution in [0.1, 0.15) is 36.8 Å². The minimum Gasteiger partial charge on any atom is -0.459 e. The summed E-state index contributed by atoms with van der Waals surface area (Å²) < 4.78 is 10.1. The maximum absolute atomic E-state index is 12.3. The summed E-state index contributed by atoms with van der Waals surface area (Å²) in [7, 11) is 0. The van der Waals surface area contributed by atoms with Crippen LogP contribution in [0.3, 0.4) is 0 Å². The van der Waals surface area contributed by atoms with Crippen LogP contribution in [0.5, 0.6) is 0 Å². The Hall–Kier alpha value is -3.38. The molecule has 0 saturated heterocycles. The van der Waals surface area contributed by atoms with Crippen LogP contribution in [-0.4, -0.2) is 24.3 Å². The van der Waals surface area contributed by atoms with Crippen molar-refractivity contribution < 1.29 is 23.5 Å². The Morgan fingerprint density at radius 3 is 2.43 bits per heavy atom. The zero-order chi connectivity index (χ0) is 20.1. The van der Waals surface area contributed by atoms with Crippen LogP contribution < -0.4 is 5.32 Å². The molecule has 0 aliphatic carbocycles. The van der Waals surface area contributed by atoms with E-state index in [-0.39, 0.29) is 17.1 Å². The molecule has 0 saturated carbocycles. The van der Waals surface area contributed by atoms with Crippen molar-refractivity contribution in [3.63, 3.8) is 0 Å². The fourth-order valence-corrected chi connectivity index (χ4v) is 2.53. The van der Waals surface area contributed by atoms with Crippen LogP contribution in [0.15, 0.2) is 65.3 Å². The highest BCUT2D eigenvalue weighted by atomic mass is 35.5. The van der Waals surface area contributed by atoms with Gasteiger partial charge in [0.15, 0.2) is 18.2 Å². The number of amides is 1. The van der Waals surface area contributed by atoms with E-state index in [2.05, 4.69) is 5.32 Å². The molecule has 1 heterocycles. The molecule has 0 aliphatic rings. The highest BCUT2D eigenvalue weighted by molar-refractivity contribution is 6.30. The number of ketones is 1. The Morgan fingerprint density at radius 2 is 1.75 bits per heavy atom. The van der Waals surface area contributed by atoms with Gasteiger partial charge >= 0.3 is 5.97 Å². The molecule has 0 spiro atoms. The molecule has 7 heteroatoms. The van der Waals surface area contributed by atoms with E-state index in [9.17, 15) is 14.4 Å². The van der Waals surface area contributed by atoms with Crippen LogP contribution in [0.2, 0.25) is 5.02 Å². The topological polar surface area (TPSA) is 85.6 Å². The minimum atomic E-state index is -0.671. The molecule has 1 amide bonds. The zero-order valence-electron chi connectivity index (χ0n) is 14.9. The second kappa shape index (κ2) is 8.54. The predicted molar refractivity (Wildman–Crippen MR) is 104 cm³/mol. The fraction of sp³-hybridized carbons (Fsp3) is 0.0952. The second-order valence-corrected chi connectivity index (χ2v) is 6.40. The lowest BCUT2D eigenvalue weighted by Gasteiger charge is -2.10. The molecule has 142 valence electrons. The zero-order valence-corrected chi connectivity index (χ0v) is 15.7. The minimum absolute atomic E-state index is 0.154. The van der Waals surface area contributed by atoms with Crippen LogP contribution in [0, 0.1) is 6.92 Å². The van der Waals surface area contributed by atoms with Gasteiger partial charge in [0.2, 0.25) is 0 Å². The van der Waals surface area contributed by atoms with E-state index < -0.39 is 18.5 Å². The fourth-order valence-electron chi connectivity index (χ4n) is 2.41. The average molecular weight is 398 g/mol. The van der Waals surface area contributed by atoms with Crippen LogP contribution >= 0.6 is 11.6 Å². The van der Waals surface area contributed by atoms with E-state index in [1.54, 1.807) is 49.4 Å². The second-order valence-electron chi connectivity index (χ2n) is 5.97. The van der Waals surface area contributed by atoms with E-state index in [0.29, 0.717) is 16.3 Å². The Morgan fingerprint density at radius 1 is 1.04 bits per heavy atom. The highest BCUT2D eigenvalue weighted by Gasteiger charge is 2.15. The molecule has 0 fully saturated rings. The first kappa shape index (κ1) is 19.4. The van der Waals surface area contributed by atoms with Gasteiger partial charge in [-0.05, 0) is 61.0 Å². The molecule has 0 radical (unpaired) electrons. The van der Waals surface area contributed by atoms with Crippen molar-refractivity contribution in [3.05, 3.63) is 88.3 Å². The summed E-state index contributed by atoms with van der Waals surface area (Å²) in [6.45, 7) is 1.39. The van der Waals surface area contributed by atoms with Crippen molar-refractivity contribution >= 4 is 34.9 Å². The third-order valence-electron chi connectivity index (χ3n) is 3.97. The van der Waals surface area contributed by atoms with Gasteiger partial charge in [-0.15, -0.1) is 0 Å². The number of nitrogens with one attached hydrogen (secondary N) is 1. The molecular formula is C21H16ClNO5. The summed E-state index contributed by atoms with van der Waals surface area (Å²) in [5, 5.41) is 3.20. The molecule has 28 heavy (non-hydrogen) atoms. The molecule has 0 aliphatic heterocycles.